The average Bonchev–Trinajstić information content (AvgIpc) is 2.99. The highest BCUT2D eigenvalue weighted by atomic mass is 16.6. The zero-order valence-corrected chi connectivity index (χ0v) is 22.6. The molecule has 0 N–H and O–H groups in total. The SMILES string of the molecule is c1ccc(COC2CN(CCC3CCCCC3)CC(OCc3ccccc3)C2OCc2ccccc2)cc1. The van der Waals surface area contributed by atoms with E-state index < -0.39 is 0 Å². The first kappa shape index (κ1) is 27.1. The lowest BCUT2D eigenvalue weighted by Crippen LogP contribution is -2.58. The molecule has 202 valence electrons. The number of likely N-dealkylation sites (tertiary alicyclic amines) is 1. The van der Waals surface area contributed by atoms with E-state index in [2.05, 4.69) is 89.8 Å². The lowest BCUT2D eigenvalue weighted by molar-refractivity contribution is -0.184. The first-order valence-corrected chi connectivity index (χ1v) is 14.5. The van der Waals surface area contributed by atoms with Crippen LogP contribution in [0.2, 0.25) is 0 Å². The van der Waals surface area contributed by atoms with Gasteiger partial charge in [-0.2, -0.15) is 0 Å². The zero-order chi connectivity index (χ0) is 25.8. The number of hydrogen-bond acceptors (Lipinski definition) is 4. The van der Waals surface area contributed by atoms with Crippen LogP contribution in [0.5, 0.6) is 0 Å². The lowest BCUT2D eigenvalue weighted by atomic mass is 9.86. The Balaban J connectivity index is 1.30. The van der Waals surface area contributed by atoms with Gasteiger partial charge in [0.15, 0.2) is 0 Å². The van der Waals surface area contributed by atoms with Crippen LogP contribution < -0.4 is 0 Å². The maximum Gasteiger partial charge on any atom is 0.113 e. The first-order chi connectivity index (χ1) is 18.8. The van der Waals surface area contributed by atoms with Gasteiger partial charge < -0.3 is 14.2 Å². The summed E-state index contributed by atoms with van der Waals surface area (Å²) >= 11 is 0. The van der Waals surface area contributed by atoms with Crippen molar-refractivity contribution < 1.29 is 14.2 Å². The normalized spacial score (nSPS) is 22.9. The molecule has 2 atom stereocenters. The van der Waals surface area contributed by atoms with Gasteiger partial charge >= 0.3 is 0 Å². The highest BCUT2D eigenvalue weighted by Gasteiger charge is 2.39. The van der Waals surface area contributed by atoms with Crippen molar-refractivity contribution in [3.8, 4) is 0 Å². The largest absolute Gasteiger partial charge is 0.369 e. The van der Waals surface area contributed by atoms with Gasteiger partial charge in [0.2, 0.25) is 0 Å². The number of nitrogens with zero attached hydrogens (tertiary/aromatic N) is 1. The van der Waals surface area contributed by atoms with E-state index in [9.17, 15) is 0 Å². The molecule has 38 heavy (non-hydrogen) atoms. The molecule has 5 rings (SSSR count). The fourth-order valence-electron chi connectivity index (χ4n) is 5.89. The van der Waals surface area contributed by atoms with Crippen molar-refractivity contribution in [2.75, 3.05) is 19.6 Å². The minimum absolute atomic E-state index is 0.0557. The molecule has 1 aliphatic heterocycles. The minimum atomic E-state index is -0.131. The summed E-state index contributed by atoms with van der Waals surface area (Å²) in [6.45, 7) is 4.59. The molecule has 2 fully saturated rings. The number of benzene rings is 3. The van der Waals surface area contributed by atoms with Crippen molar-refractivity contribution in [3.05, 3.63) is 108 Å². The predicted molar refractivity (Wildman–Crippen MR) is 153 cm³/mol. The van der Waals surface area contributed by atoms with Crippen LogP contribution in [0.4, 0.5) is 0 Å². The van der Waals surface area contributed by atoms with Gasteiger partial charge in [-0.3, -0.25) is 4.90 Å². The number of rotatable bonds is 12. The summed E-state index contributed by atoms with van der Waals surface area (Å²) in [5, 5.41) is 0. The van der Waals surface area contributed by atoms with Crippen LogP contribution in [0.25, 0.3) is 0 Å². The van der Waals surface area contributed by atoms with Gasteiger partial charge in [0, 0.05) is 13.1 Å². The van der Waals surface area contributed by atoms with Crippen LogP contribution in [0.15, 0.2) is 91.0 Å². The third-order valence-corrected chi connectivity index (χ3v) is 8.09. The van der Waals surface area contributed by atoms with Crippen molar-refractivity contribution in [1.82, 2.24) is 4.90 Å². The monoisotopic (exact) mass is 513 g/mol. The van der Waals surface area contributed by atoms with Gasteiger partial charge in [0.25, 0.3) is 0 Å². The van der Waals surface area contributed by atoms with Crippen LogP contribution in [0.1, 0.15) is 55.2 Å². The first-order valence-electron chi connectivity index (χ1n) is 14.5. The Morgan fingerprint density at radius 3 is 1.47 bits per heavy atom. The molecule has 0 amide bonds. The molecule has 2 aliphatic rings. The zero-order valence-electron chi connectivity index (χ0n) is 22.6. The molecule has 1 heterocycles. The van der Waals surface area contributed by atoms with Crippen molar-refractivity contribution in [2.24, 2.45) is 5.92 Å². The van der Waals surface area contributed by atoms with Crippen molar-refractivity contribution in [2.45, 2.75) is 76.7 Å². The Bertz CT molecular complexity index is 986. The maximum absolute atomic E-state index is 6.64. The molecule has 0 bridgehead atoms. The maximum atomic E-state index is 6.64. The number of piperidine rings is 1. The Labute approximate surface area is 228 Å². The molecule has 4 heteroatoms. The van der Waals surface area contributed by atoms with Gasteiger partial charge in [-0.25, -0.2) is 0 Å². The van der Waals surface area contributed by atoms with Gasteiger partial charge in [-0.05, 0) is 35.6 Å². The fourth-order valence-corrected chi connectivity index (χ4v) is 5.89. The molecule has 0 radical (unpaired) electrons. The third kappa shape index (κ3) is 8.25. The topological polar surface area (TPSA) is 30.9 Å². The van der Waals surface area contributed by atoms with Gasteiger partial charge in [-0.1, -0.05) is 123 Å². The quantitative estimate of drug-likeness (QED) is 0.260. The molecule has 1 saturated carbocycles. The summed E-state index contributed by atoms with van der Waals surface area (Å²) in [5.74, 6) is 0.864. The second kappa shape index (κ2) is 14.6. The van der Waals surface area contributed by atoms with Crippen LogP contribution in [-0.2, 0) is 34.0 Å². The molecular formula is C34H43NO3. The number of ether oxygens (including phenoxy) is 3. The van der Waals surface area contributed by atoms with Crippen molar-refractivity contribution >= 4 is 0 Å². The van der Waals surface area contributed by atoms with E-state index in [1.54, 1.807) is 0 Å². The molecule has 0 aromatic heterocycles. The lowest BCUT2D eigenvalue weighted by Gasteiger charge is -2.43. The van der Waals surface area contributed by atoms with E-state index in [1.807, 2.05) is 6.07 Å². The second-order valence-electron chi connectivity index (χ2n) is 11.0. The molecule has 1 aliphatic carbocycles. The predicted octanol–water partition coefficient (Wildman–Crippen LogP) is 7.03. The van der Waals surface area contributed by atoms with Gasteiger partial charge in [-0.15, -0.1) is 0 Å². The highest BCUT2D eigenvalue weighted by Crippen LogP contribution is 2.29. The van der Waals surface area contributed by atoms with E-state index in [4.69, 9.17) is 14.2 Å². The molecule has 1 saturated heterocycles. The second-order valence-corrected chi connectivity index (χ2v) is 11.0. The van der Waals surface area contributed by atoms with Crippen LogP contribution in [0, 0.1) is 5.92 Å². The Morgan fingerprint density at radius 2 is 1.00 bits per heavy atom. The Kier molecular flexibility index (Phi) is 10.4. The van der Waals surface area contributed by atoms with Crippen molar-refractivity contribution in [1.29, 1.82) is 0 Å². The smallest absolute Gasteiger partial charge is 0.113 e. The highest BCUT2D eigenvalue weighted by molar-refractivity contribution is 5.15. The van der Waals surface area contributed by atoms with Crippen LogP contribution >= 0.6 is 0 Å². The Morgan fingerprint density at radius 1 is 0.553 bits per heavy atom. The van der Waals surface area contributed by atoms with Crippen molar-refractivity contribution in [3.63, 3.8) is 0 Å². The van der Waals surface area contributed by atoms with Crippen LogP contribution in [0.3, 0.4) is 0 Å². The molecule has 4 nitrogen and oxygen atoms in total. The van der Waals surface area contributed by atoms with E-state index in [1.165, 1.54) is 55.2 Å². The van der Waals surface area contributed by atoms with E-state index in [0.717, 1.165) is 25.6 Å². The van der Waals surface area contributed by atoms with E-state index in [-0.39, 0.29) is 18.3 Å². The summed E-state index contributed by atoms with van der Waals surface area (Å²) in [4.78, 5) is 2.57. The minimum Gasteiger partial charge on any atom is -0.369 e. The summed E-state index contributed by atoms with van der Waals surface area (Å²) in [6, 6.07) is 31.4. The number of hydrogen-bond donors (Lipinski definition) is 0. The van der Waals surface area contributed by atoms with E-state index >= 15 is 0 Å². The van der Waals surface area contributed by atoms with Crippen LogP contribution in [-0.4, -0.2) is 42.8 Å². The van der Waals surface area contributed by atoms with E-state index in [0.29, 0.717) is 19.8 Å². The standard InChI is InChI=1S/C34H43NO3/c1-5-13-28(14-6-1)21-22-35-23-32(36-25-29-15-7-2-8-16-29)34(38-27-31-19-11-4-12-20-31)33(24-35)37-26-30-17-9-3-10-18-30/h2-4,7-12,15-20,28,32-34H,1,5-6,13-14,21-27H2. The molecule has 3 aromatic rings. The summed E-state index contributed by atoms with van der Waals surface area (Å²) in [5.41, 5.74) is 3.56. The molecule has 2 unspecified atom stereocenters. The van der Waals surface area contributed by atoms with Gasteiger partial charge in [0.1, 0.15) is 6.10 Å². The molecule has 0 spiro atoms. The summed E-state index contributed by atoms with van der Waals surface area (Å²) in [7, 11) is 0. The summed E-state index contributed by atoms with van der Waals surface area (Å²) in [6.07, 6.45) is 8.00. The Hall–Kier alpha value is -2.50. The average molecular weight is 514 g/mol. The molecule has 3 aromatic carbocycles. The summed E-state index contributed by atoms with van der Waals surface area (Å²) < 4.78 is 19.9. The molecular weight excluding hydrogens is 470 g/mol. The van der Waals surface area contributed by atoms with Gasteiger partial charge in [0.05, 0.1) is 32.0 Å². The fraction of sp³-hybridized carbons (Fsp3) is 0.471. The third-order valence-electron chi connectivity index (χ3n) is 8.09.